The van der Waals surface area contributed by atoms with Crippen LogP contribution in [0.1, 0.15) is 66.4 Å². The Morgan fingerprint density at radius 1 is 1.00 bits per heavy atom. The number of carbonyl (C=O) groups excluding carboxylic acids is 1. The van der Waals surface area contributed by atoms with Crippen molar-refractivity contribution in [1.29, 1.82) is 0 Å². The molecule has 2 aliphatic heterocycles. The van der Waals surface area contributed by atoms with E-state index in [2.05, 4.69) is 14.9 Å². The topological polar surface area (TPSA) is 87.7 Å². The van der Waals surface area contributed by atoms with Crippen LogP contribution in [0.25, 0.3) is 0 Å². The minimum absolute atomic E-state index is 0.108. The van der Waals surface area contributed by atoms with Crippen LogP contribution < -0.4 is 14.8 Å². The predicted octanol–water partition coefficient (Wildman–Crippen LogP) is 5.88. The van der Waals surface area contributed by atoms with Gasteiger partial charge in [0.15, 0.2) is 0 Å². The molecule has 2 heterocycles. The molecule has 2 atom stereocenters. The molecule has 1 saturated heterocycles. The number of piperidine rings is 1. The number of fused-ring (bicyclic) bond motifs is 1. The van der Waals surface area contributed by atoms with Gasteiger partial charge < -0.3 is 10.1 Å². The summed E-state index contributed by atoms with van der Waals surface area (Å²) in [6, 6.07) is 12.7. The summed E-state index contributed by atoms with van der Waals surface area (Å²) in [4.78, 5) is 15.0. The first kappa shape index (κ1) is 31.0. The van der Waals surface area contributed by atoms with Gasteiger partial charge in [-0.15, -0.1) is 0 Å². The third-order valence-corrected chi connectivity index (χ3v) is 9.22. The number of sulfonamides is 1. The molecular formula is C31H33F4N3O4S. The molecule has 2 N–H and O–H groups in total. The molecule has 5 rings (SSSR count). The van der Waals surface area contributed by atoms with Crippen molar-refractivity contribution in [2.45, 2.75) is 61.8 Å². The molecule has 0 aliphatic carbocycles. The van der Waals surface area contributed by atoms with Gasteiger partial charge >= 0.3 is 6.18 Å². The van der Waals surface area contributed by atoms with Gasteiger partial charge in [0, 0.05) is 30.5 Å². The van der Waals surface area contributed by atoms with E-state index in [1.807, 2.05) is 18.2 Å². The number of hydrogen-bond acceptors (Lipinski definition) is 5. The molecule has 1 fully saturated rings. The average molecular weight is 620 g/mol. The molecule has 7 nitrogen and oxygen atoms in total. The van der Waals surface area contributed by atoms with Gasteiger partial charge in [-0.05, 0) is 61.8 Å². The van der Waals surface area contributed by atoms with Crippen LogP contribution in [0.2, 0.25) is 0 Å². The molecule has 12 heteroatoms. The summed E-state index contributed by atoms with van der Waals surface area (Å²) in [6.07, 6.45) is -1.16. The molecule has 0 spiro atoms. The van der Waals surface area contributed by atoms with Crippen LogP contribution >= 0.6 is 0 Å². The highest BCUT2D eigenvalue weighted by Gasteiger charge is 2.33. The Morgan fingerprint density at radius 3 is 2.51 bits per heavy atom. The van der Waals surface area contributed by atoms with Crippen molar-refractivity contribution >= 4 is 15.9 Å². The summed E-state index contributed by atoms with van der Waals surface area (Å²) in [5.74, 6) is -0.651. The smallest absolute Gasteiger partial charge is 0.416 e. The standard InChI is InChI=1S/C31H33F4N3O4S/c32-26-10-3-2-9-24(26)28(37-43(40,41)23-8-6-7-22(18-23)31(33,34)35)19-30(39)36-27-13-16-42-29-17-21(11-12-25(27)29)20-38-14-4-1-5-15-38/h2-3,6-12,17-18,27-28,37H,1,4-5,13-16,19-20H2,(H,36,39). The Hall–Kier alpha value is -3.48. The van der Waals surface area contributed by atoms with E-state index in [9.17, 15) is 30.8 Å². The monoisotopic (exact) mass is 619 g/mol. The van der Waals surface area contributed by atoms with Gasteiger partial charge in [-0.2, -0.15) is 13.2 Å². The van der Waals surface area contributed by atoms with Crippen molar-refractivity contribution < 1.29 is 35.5 Å². The van der Waals surface area contributed by atoms with E-state index in [0.29, 0.717) is 24.8 Å². The summed E-state index contributed by atoms with van der Waals surface area (Å²) in [7, 11) is -4.57. The molecule has 2 unspecified atom stereocenters. The highest BCUT2D eigenvalue weighted by Crippen LogP contribution is 2.34. The summed E-state index contributed by atoms with van der Waals surface area (Å²) in [6.45, 7) is 3.28. The van der Waals surface area contributed by atoms with Gasteiger partial charge in [-0.25, -0.2) is 17.5 Å². The van der Waals surface area contributed by atoms with Crippen molar-refractivity contribution in [1.82, 2.24) is 14.9 Å². The predicted molar refractivity (Wildman–Crippen MR) is 152 cm³/mol. The Labute approximate surface area is 248 Å². The van der Waals surface area contributed by atoms with Crippen LogP contribution in [0.5, 0.6) is 5.75 Å². The fourth-order valence-electron chi connectivity index (χ4n) is 5.56. The maximum absolute atomic E-state index is 14.8. The fourth-order valence-corrected chi connectivity index (χ4v) is 6.83. The largest absolute Gasteiger partial charge is 0.493 e. The molecule has 230 valence electrons. The number of nitrogens with one attached hydrogen (secondary N) is 2. The molecule has 0 bridgehead atoms. The number of hydrogen-bond donors (Lipinski definition) is 2. The van der Waals surface area contributed by atoms with Crippen molar-refractivity contribution in [2.24, 2.45) is 0 Å². The van der Waals surface area contributed by atoms with Crippen molar-refractivity contribution in [2.75, 3.05) is 19.7 Å². The Balaban J connectivity index is 1.33. The number of amides is 1. The normalized spacial score (nSPS) is 18.4. The molecule has 2 aliphatic rings. The fraction of sp³-hybridized carbons (Fsp3) is 0.387. The average Bonchev–Trinajstić information content (AvgIpc) is 2.97. The van der Waals surface area contributed by atoms with E-state index < -0.39 is 56.9 Å². The first-order chi connectivity index (χ1) is 20.5. The number of carbonyl (C=O) groups is 1. The zero-order chi connectivity index (χ0) is 30.6. The number of halogens is 4. The second kappa shape index (κ2) is 13.0. The SMILES string of the molecule is O=C(CC(NS(=O)(=O)c1cccc(C(F)(F)F)c1)c1ccccc1F)NC1CCOc2cc(CN3CCCCC3)ccc21. The lowest BCUT2D eigenvalue weighted by atomic mass is 9.97. The highest BCUT2D eigenvalue weighted by molar-refractivity contribution is 7.89. The second-order valence-corrected chi connectivity index (χ2v) is 12.6. The number of ether oxygens (including phenoxy) is 1. The number of benzene rings is 3. The highest BCUT2D eigenvalue weighted by atomic mass is 32.2. The van der Waals surface area contributed by atoms with Gasteiger partial charge in [-0.3, -0.25) is 9.69 Å². The van der Waals surface area contributed by atoms with Crippen LogP contribution in [-0.2, 0) is 27.5 Å². The molecule has 3 aromatic carbocycles. The number of likely N-dealkylation sites (tertiary alicyclic amines) is 1. The minimum Gasteiger partial charge on any atom is -0.493 e. The zero-order valence-electron chi connectivity index (χ0n) is 23.4. The summed E-state index contributed by atoms with van der Waals surface area (Å²) >= 11 is 0. The second-order valence-electron chi connectivity index (χ2n) is 10.9. The maximum atomic E-state index is 14.8. The van der Waals surface area contributed by atoms with Gasteiger partial charge in [0.05, 0.1) is 29.1 Å². The van der Waals surface area contributed by atoms with E-state index in [1.54, 1.807) is 0 Å². The van der Waals surface area contributed by atoms with E-state index in [-0.39, 0.29) is 5.56 Å². The third kappa shape index (κ3) is 7.73. The number of nitrogens with zero attached hydrogens (tertiary/aromatic N) is 1. The van der Waals surface area contributed by atoms with Gasteiger partial charge in [0.1, 0.15) is 11.6 Å². The first-order valence-corrected chi connectivity index (χ1v) is 15.7. The quantitative estimate of drug-likeness (QED) is 0.292. The Kier molecular flexibility index (Phi) is 9.38. The van der Waals surface area contributed by atoms with Crippen LogP contribution in [0, 0.1) is 5.82 Å². The van der Waals surface area contributed by atoms with E-state index in [0.717, 1.165) is 55.0 Å². The van der Waals surface area contributed by atoms with Crippen molar-refractivity contribution in [3.05, 3.63) is 94.8 Å². The molecule has 3 aromatic rings. The summed E-state index contributed by atoms with van der Waals surface area (Å²) in [5.41, 5.74) is 0.640. The van der Waals surface area contributed by atoms with Crippen LogP contribution in [-0.4, -0.2) is 38.9 Å². The van der Waals surface area contributed by atoms with Crippen LogP contribution in [0.15, 0.2) is 71.6 Å². The van der Waals surface area contributed by atoms with Gasteiger partial charge in [-0.1, -0.05) is 42.8 Å². The molecular weight excluding hydrogens is 586 g/mol. The van der Waals surface area contributed by atoms with Gasteiger partial charge in [0.25, 0.3) is 0 Å². The lowest BCUT2D eigenvalue weighted by molar-refractivity contribution is -0.137. The van der Waals surface area contributed by atoms with E-state index in [1.165, 1.54) is 37.5 Å². The lowest BCUT2D eigenvalue weighted by Crippen LogP contribution is -2.37. The van der Waals surface area contributed by atoms with Crippen LogP contribution in [0.4, 0.5) is 17.6 Å². The summed E-state index contributed by atoms with van der Waals surface area (Å²) in [5, 5.41) is 2.91. The van der Waals surface area contributed by atoms with Gasteiger partial charge in [0.2, 0.25) is 15.9 Å². The Bertz CT molecular complexity index is 1560. The molecule has 43 heavy (non-hydrogen) atoms. The van der Waals surface area contributed by atoms with Crippen LogP contribution in [0.3, 0.4) is 0 Å². The molecule has 1 amide bonds. The zero-order valence-corrected chi connectivity index (χ0v) is 24.2. The maximum Gasteiger partial charge on any atom is 0.416 e. The van der Waals surface area contributed by atoms with E-state index >= 15 is 0 Å². The van der Waals surface area contributed by atoms with E-state index in [4.69, 9.17) is 4.74 Å². The minimum atomic E-state index is -4.76. The third-order valence-electron chi connectivity index (χ3n) is 7.75. The molecule has 0 saturated carbocycles. The van der Waals surface area contributed by atoms with Crippen molar-refractivity contribution in [3.63, 3.8) is 0 Å². The first-order valence-electron chi connectivity index (χ1n) is 14.2. The number of rotatable bonds is 9. The molecule has 0 radical (unpaired) electrons. The number of alkyl halides is 3. The lowest BCUT2D eigenvalue weighted by Gasteiger charge is -2.29. The van der Waals surface area contributed by atoms with Crippen molar-refractivity contribution in [3.8, 4) is 5.75 Å². The molecule has 0 aromatic heterocycles. The summed E-state index contributed by atoms with van der Waals surface area (Å²) < 4.78 is 89.0. The Morgan fingerprint density at radius 2 is 1.77 bits per heavy atom.